The van der Waals surface area contributed by atoms with Crippen LogP contribution in [0.25, 0.3) is 11.6 Å². The second kappa shape index (κ2) is 7.44. The molecule has 0 fully saturated rings. The van der Waals surface area contributed by atoms with Crippen molar-refractivity contribution in [1.29, 1.82) is 0 Å². The fourth-order valence-electron chi connectivity index (χ4n) is 1.86. The Bertz CT molecular complexity index is 480. The number of hydrogen-bond donors (Lipinski definition) is 0. The molecule has 0 amide bonds. The molecule has 0 saturated carbocycles. The lowest BCUT2D eigenvalue weighted by molar-refractivity contribution is 0.804. The van der Waals surface area contributed by atoms with Crippen molar-refractivity contribution in [3.63, 3.8) is 0 Å². The molecule has 17 heavy (non-hydrogen) atoms. The van der Waals surface area contributed by atoms with Crippen molar-refractivity contribution in [1.82, 2.24) is 0 Å². The molecule has 2 heteroatoms. The predicted molar refractivity (Wildman–Crippen MR) is 80.4 cm³/mol. The van der Waals surface area contributed by atoms with E-state index in [1.165, 1.54) is 39.5 Å². The number of unbranched alkanes of at least 4 members (excludes halogenated alkanes) is 1. The van der Waals surface area contributed by atoms with E-state index in [9.17, 15) is 0 Å². The van der Waals surface area contributed by atoms with Crippen molar-refractivity contribution < 1.29 is 0 Å². The van der Waals surface area contributed by atoms with E-state index in [0.29, 0.717) is 0 Å². The molecule has 1 nitrogen and oxygen atoms in total. The third-order valence-electron chi connectivity index (χ3n) is 2.69. The van der Waals surface area contributed by atoms with Crippen LogP contribution in [-0.2, 0) is 6.42 Å². The van der Waals surface area contributed by atoms with Gasteiger partial charge in [-0.05, 0) is 43.0 Å². The van der Waals surface area contributed by atoms with Crippen LogP contribution in [0.3, 0.4) is 0 Å². The Labute approximate surface area is 109 Å². The van der Waals surface area contributed by atoms with Crippen molar-refractivity contribution >= 4 is 29.2 Å². The van der Waals surface area contributed by atoms with Gasteiger partial charge in [-0.15, -0.1) is 11.3 Å². The molecule has 1 heterocycles. The molecule has 0 spiro atoms. The van der Waals surface area contributed by atoms with Crippen LogP contribution in [0.1, 0.15) is 44.9 Å². The second-order valence-corrected chi connectivity index (χ2v) is 5.42. The quantitative estimate of drug-likeness (QED) is 0.711. The zero-order chi connectivity index (χ0) is 12.7. The van der Waals surface area contributed by atoms with E-state index in [4.69, 9.17) is 0 Å². The molecule has 1 rings (SSSR count). The lowest BCUT2D eigenvalue weighted by atomic mass is 10.2. The minimum Gasteiger partial charge on any atom is -0.296 e. The Morgan fingerprint density at radius 3 is 2.76 bits per heavy atom. The van der Waals surface area contributed by atoms with Gasteiger partial charge in [0.15, 0.2) is 0 Å². The number of rotatable bonds is 5. The zero-order valence-electron chi connectivity index (χ0n) is 11.4. The van der Waals surface area contributed by atoms with Crippen LogP contribution in [0.15, 0.2) is 11.1 Å². The van der Waals surface area contributed by atoms with Crippen LogP contribution in [0.4, 0.5) is 0 Å². The van der Waals surface area contributed by atoms with Gasteiger partial charge in [0.2, 0.25) is 0 Å². The average molecular weight is 249 g/mol. The summed E-state index contributed by atoms with van der Waals surface area (Å²) in [7, 11) is 1.83. The first-order chi connectivity index (χ1) is 8.22. The van der Waals surface area contributed by atoms with E-state index >= 15 is 0 Å². The fourth-order valence-corrected chi connectivity index (χ4v) is 3.03. The molecule has 0 aromatic carbocycles. The van der Waals surface area contributed by atoms with Crippen molar-refractivity contribution in [3.05, 3.63) is 20.7 Å². The van der Waals surface area contributed by atoms with E-state index < -0.39 is 0 Å². The van der Waals surface area contributed by atoms with Gasteiger partial charge in [-0.25, -0.2) is 0 Å². The maximum atomic E-state index is 4.12. The number of aryl methyl sites for hydroxylation is 1. The van der Waals surface area contributed by atoms with E-state index in [2.05, 4.69) is 37.9 Å². The highest BCUT2D eigenvalue weighted by atomic mass is 32.1. The molecule has 0 atom stereocenters. The minimum absolute atomic E-state index is 1.09. The summed E-state index contributed by atoms with van der Waals surface area (Å²) in [6, 6.07) is 2.35. The maximum absolute atomic E-state index is 4.12. The topological polar surface area (TPSA) is 12.4 Å². The molecule has 0 saturated heterocycles. The van der Waals surface area contributed by atoms with Gasteiger partial charge >= 0.3 is 0 Å². The Balaban J connectivity index is 3.24. The molecule has 0 aliphatic heterocycles. The summed E-state index contributed by atoms with van der Waals surface area (Å²) in [5, 5.41) is 1.39. The van der Waals surface area contributed by atoms with Gasteiger partial charge in [-0.3, -0.25) is 4.99 Å². The monoisotopic (exact) mass is 249 g/mol. The zero-order valence-corrected chi connectivity index (χ0v) is 12.2. The van der Waals surface area contributed by atoms with Crippen LogP contribution in [0.5, 0.6) is 0 Å². The second-order valence-electron chi connectivity index (χ2n) is 4.28. The van der Waals surface area contributed by atoms with Crippen molar-refractivity contribution in [3.8, 4) is 0 Å². The molecule has 0 radical (unpaired) electrons. The van der Waals surface area contributed by atoms with Gasteiger partial charge in [-0.2, -0.15) is 0 Å². The molecule has 1 aromatic heterocycles. The Morgan fingerprint density at radius 2 is 2.18 bits per heavy atom. The summed E-state index contributed by atoms with van der Waals surface area (Å²) in [6.07, 6.45) is 9.12. The standard InChI is InChI=1S/C15H23NS/c1-5-7-9-14-10-13(8-6-2)15(17-14)12(3)11-16-4/h8,10-11H,5-7,9H2,1-4H3/b13-8+,15-12+,16-11?. The molecule has 0 unspecified atom stereocenters. The molecular formula is C15H23NS. The molecule has 0 N–H and O–H groups in total. The lowest BCUT2D eigenvalue weighted by Gasteiger charge is -1.91. The summed E-state index contributed by atoms with van der Waals surface area (Å²) in [5.41, 5.74) is 1.28. The van der Waals surface area contributed by atoms with Gasteiger partial charge < -0.3 is 0 Å². The maximum Gasteiger partial charge on any atom is 0.0386 e. The van der Waals surface area contributed by atoms with Gasteiger partial charge in [-0.1, -0.05) is 26.3 Å². The fraction of sp³-hybridized carbons (Fsp3) is 0.533. The van der Waals surface area contributed by atoms with Gasteiger partial charge in [0.25, 0.3) is 0 Å². The molecule has 0 bridgehead atoms. The smallest absolute Gasteiger partial charge is 0.0386 e. The number of thiophene rings is 1. The first-order valence-electron chi connectivity index (χ1n) is 6.44. The van der Waals surface area contributed by atoms with Crippen LogP contribution in [0, 0.1) is 0 Å². The first-order valence-corrected chi connectivity index (χ1v) is 7.26. The summed E-state index contributed by atoms with van der Waals surface area (Å²) in [5.74, 6) is 0. The normalized spacial score (nSPS) is 14.7. The molecule has 0 aliphatic carbocycles. The summed E-state index contributed by atoms with van der Waals surface area (Å²) in [6.45, 7) is 6.58. The van der Waals surface area contributed by atoms with Gasteiger partial charge in [0, 0.05) is 22.7 Å². The highest BCUT2D eigenvalue weighted by molar-refractivity contribution is 7.10. The minimum atomic E-state index is 1.09. The van der Waals surface area contributed by atoms with Crippen molar-refractivity contribution in [2.24, 2.45) is 4.99 Å². The van der Waals surface area contributed by atoms with Crippen LogP contribution in [0.2, 0.25) is 0 Å². The number of aliphatic imine (C=N–C) groups is 1. The number of nitrogens with zero attached hydrogens (tertiary/aromatic N) is 1. The largest absolute Gasteiger partial charge is 0.296 e. The molecule has 94 valence electrons. The molecule has 0 aliphatic rings. The lowest BCUT2D eigenvalue weighted by Crippen LogP contribution is -2.20. The Morgan fingerprint density at radius 1 is 1.41 bits per heavy atom. The molecule has 1 aromatic rings. The SMILES string of the molecule is CC/C=c1\cc(CCCC)s\c1=C(/C)C=NC. The van der Waals surface area contributed by atoms with Crippen molar-refractivity contribution in [2.75, 3.05) is 7.05 Å². The van der Waals surface area contributed by atoms with E-state index in [1.807, 2.05) is 24.6 Å². The summed E-state index contributed by atoms with van der Waals surface area (Å²) in [4.78, 5) is 5.62. The van der Waals surface area contributed by atoms with Crippen molar-refractivity contribution in [2.45, 2.75) is 46.5 Å². The number of hydrogen-bond acceptors (Lipinski definition) is 2. The van der Waals surface area contributed by atoms with Gasteiger partial charge in [0.1, 0.15) is 0 Å². The van der Waals surface area contributed by atoms with Crippen LogP contribution in [-0.4, -0.2) is 13.3 Å². The molecular weight excluding hydrogens is 226 g/mol. The van der Waals surface area contributed by atoms with E-state index in [-0.39, 0.29) is 0 Å². The van der Waals surface area contributed by atoms with Crippen LogP contribution < -0.4 is 9.75 Å². The predicted octanol–water partition coefficient (Wildman–Crippen LogP) is 3.15. The Hall–Kier alpha value is -0.890. The summed E-state index contributed by atoms with van der Waals surface area (Å²) >= 11 is 1.93. The van der Waals surface area contributed by atoms with E-state index in [0.717, 1.165) is 6.42 Å². The highest BCUT2D eigenvalue weighted by Crippen LogP contribution is 2.06. The third-order valence-corrected chi connectivity index (χ3v) is 4.04. The highest BCUT2D eigenvalue weighted by Gasteiger charge is 1.99. The third kappa shape index (κ3) is 4.12. The van der Waals surface area contributed by atoms with Gasteiger partial charge in [0.05, 0.1) is 0 Å². The Kier molecular flexibility index (Phi) is 6.20. The average Bonchev–Trinajstić information content (AvgIpc) is 2.70. The van der Waals surface area contributed by atoms with E-state index in [1.54, 1.807) is 0 Å². The first kappa shape index (κ1) is 14.2. The summed E-state index contributed by atoms with van der Waals surface area (Å²) < 4.78 is 1.39. The van der Waals surface area contributed by atoms with Crippen LogP contribution >= 0.6 is 11.3 Å².